The Kier molecular flexibility index (Phi) is 5.31. The van der Waals surface area contributed by atoms with Crippen molar-refractivity contribution < 1.29 is 17.9 Å². The van der Waals surface area contributed by atoms with E-state index in [1.54, 1.807) is 51.1 Å². The number of benzene rings is 1. The van der Waals surface area contributed by atoms with Crippen LogP contribution in [0, 0.1) is 5.92 Å². The van der Waals surface area contributed by atoms with E-state index in [2.05, 4.69) is 5.32 Å². The molecule has 1 amide bonds. The molecule has 7 heteroatoms. The summed E-state index contributed by atoms with van der Waals surface area (Å²) < 4.78 is 31.7. The Bertz CT molecular complexity index is 638. The Balaban J connectivity index is 1.88. The van der Waals surface area contributed by atoms with E-state index in [1.165, 1.54) is 4.31 Å². The van der Waals surface area contributed by atoms with Crippen molar-refractivity contribution in [3.05, 3.63) is 30.3 Å². The number of rotatable bonds is 4. The van der Waals surface area contributed by atoms with Crippen LogP contribution in [0.3, 0.4) is 0 Å². The van der Waals surface area contributed by atoms with Gasteiger partial charge >= 0.3 is 6.09 Å². The van der Waals surface area contributed by atoms with Gasteiger partial charge in [-0.05, 0) is 45.2 Å². The minimum absolute atomic E-state index is 0.0982. The number of hydrogen-bond donors (Lipinski definition) is 1. The molecule has 1 aliphatic heterocycles. The summed E-state index contributed by atoms with van der Waals surface area (Å²) in [6.45, 7) is 6.70. The smallest absolute Gasteiger partial charge is 0.407 e. The van der Waals surface area contributed by atoms with Crippen LogP contribution >= 0.6 is 0 Å². The van der Waals surface area contributed by atoms with Gasteiger partial charge in [0.15, 0.2) is 0 Å². The van der Waals surface area contributed by atoms with E-state index in [4.69, 9.17) is 4.74 Å². The van der Waals surface area contributed by atoms with Crippen molar-refractivity contribution in [3.63, 3.8) is 0 Å². The molecule has 1 N–H and O–H groups in total. The van der Waals surface area contributed by atoms with Crippen LogP contribution in [0.25, 0.3) is 0 Å². The molecular formula is C16H24N2O4S. The molecule has 6 nitrogen and oxygen atoms in total. The molecule has 0 spiro atoms. The van der Waals surface area contributed by atoms with Crippen molar-refractivity contribution in [2.24, 2.45) is 5.92 Å². The van der Waals surface area contributed by atoms with Crippen LogP contribution in [0.2, 0.25) is 0 Å². The Hall–Kier alpha value is -1.60. The second kappa shape index (κ2) is 6.88. The SMILES string of the molecule is CC(C)(C)OC(=O)NCC1CCN(S(=O)(=O)c2ccccc2)C1. The Morgan fingerprint density at radius 1 is 1.30 bits per heavy atom. The summed E-state index contributed by atoms with van der Waals surface area (Å²) in [6, 6.07) is 8.41. The third-order valence-electron chi connectivity index (χ3n) is 3.56. The number of hydrogen-bond acceptors (Lipinski definition) is 4. The van der Waals surface area contributed by atoms with E-state index in [0.717, 1.165) is 6.42 Å². The Morgan fingerprint density at radius 3 is 2.57 bits per heavy atom. The summed E-state index contributed by atoms with van der Waals surface area (Å²) in [5.74, 6) is 0.0982. The zero-order valence-corrected chi connectivity index (χ0v) is 14.6. The quantitative estimate of drug-likeness (QED) is 0.912. The van der Waals surface area contributed by atoms with Crippen molar-refractivity contribution in [1.82, 2.24) is 9.62 Å². The maximum Gasteiger partial charge on any atom is 0.407 e. The number of nitrogens with zero attached hydrogens (tertiary/aromatic N) is 1. The molecule has 2 rings (SSSR count). The van der Waals surface area contributed by atoms with Gasteiger partial charge in [0.05, 0.1) is 4.90 Å². The number of carbonyl (C=O) groups excluding carboxylic acids is 1. The van der Waals surface area contributed by atoms with Crippen LogP contribution in [0.15, 0.2) is 35.2 Å². The molecule has 1 aliphatic rings. The van der Waals surface area contributed by atoms with Crippen molar-refractivity contribution >= 4 is 16.1 Å². The van der Waals surface area contributed by atoms with Gasteiger partial charge < -0.3 is 10.1 Å². The Morgan fingerprint density at radius 2 is 1.96 bits per heavy atom. The summed E-state index contributed by atoms with van der Waals surface area (Å²) in [6.07, 6.45) is 0.254. The van der Waals surface area contributed by atoms with Crippen LogP contribution in [0.4, 0.5) is 4.79 Å². The van der Waals surface area contributed by atoms with E-state index in [1.807, 2.05) is 0 Å². The molecule has 0 saturated carbocycles. The molecule has 23 heavy (non-hydrogen) atoms. The number of ether oxygens (including phenoxy) is 1. The summed E-state index contributed by atoms with van der Waals surface area (Å²) in [5, 5.41) is 2.71. The number of amides is 1. The van der Waals surface area contributed by atoms with E-state index in [-0.39, 0.29) is 5.92 Å². The first-order chi connectivity index (χ1) is 10.7. The fourth-order valence-electron chi connectivity index (χ4n) is 2.47. The number of alkyl carbamates (subject to hydrolysis) is 1. The van der Waals surface area contributed by atoms with Gasteiger partial charge in [0.1, 0.15) is 5.60 Å². The minimum atomic E-state index is -3.45. The van der Waals surface area contributed by atoms with Crippen LogP contribution < -0.4 is 5.32 Å². The highest BCUT2D eigenvalue weighted by Gasteiger charge is 2.32. The van der Waals surface area contributed by atoms with Crippen LogP contribution in [-0.4, -0.2) is 44.1 Å². The summed E-state index contributed by atoms with van der Waals surface area (Å²) in [7, 11) is -3.45. The lowest BCUT2D eigenvalue weighted by atomic mass is 10.1. The van der Waals surface area contributed by atoms with Gasteiger partial charge in [-0.15, -0.1) is 0 Å². The third-order valence-corrected chi connectivity index (χ3v) is 5.44. The molecule has 0 aromatic heterocycles. The normalized spacial score (nSPS) is 19.5. The van der Waals surface area contributed by atoms with E-state index in [0.29, 0.717) is 24.5 Å². The minimum Gasteiger partial charge on any atom is -0.444 e. The first kappa shape index (κ1) is 17.7. The summed E-state index contributed by atoms with van der Waals surface area (Å²) in [4.78, 5) is 12.0. The highest BCUT2D eigenvalue weighted by Crippen LogP contribution is 2.23. The zero-order valence-electron chi connectivity index (χ0n) is 13.8. The third kappa shape index (κ3) is 4.94. The van der Waals surface area contributed by atoms with Gasteiger partial charge in [-0.2, -0.15) is 4.31 Å². The summed E-state index contributed by atoms with van der Waals surface area (Å²) in [5.41, 5.74) is -0.539. The average molecular weight is 340 g/mol. The highest BCUT2D eigenvalue weighted by molar-refractivity contribution is 7.89. The molecule has 0 radical (unpaired) electrons. The first-order valence-corrected chi connectivity index (χ1v) is 9.14. The van der Waals surface area contributed by atoms with Gasteiger partial charge in [-0.3, -0.25) is 0 Å². The van der Waals surface area contributed by atoms with Crippen LogP contribution in [0.5, 0.6) is 0 Å². The monoisotopic (exact) mass is 340 g/mol. The molecule has 1 aromatic carbocycles. The van der Waals surface area contributed by atoms with Gasteiger partial charge in [0.25, 0.3) is 0 Å². The number of carbonyl (C=O) groups is 1. The second-order valence-electron chi connectivity index (χ2n) is 6.71. The predicted molar refractivity (Wildman–Crippen MR) is 87.5 cm³/mol. The lowest BCUT2D eigenvalue weighted by Crippen LogP contribution is -2.36. The maximum atomic E-state index is 12.5. The van der Waals surface area contributed by atoms with E-state index in [9.17, 15) is 13.2 Å². The van der Waals surface area contributed by atoms with Crippen molar-refractivity contribution in [2.75, 3.05) is 19.6 Å². The van der Waals surface area contributed by atoms with Gasteiger partial charge in [0, 0.05) is 19.6 Å². The standard InChI is InChI=1S/C16H24N2O4S/c1-16(2,3)22-15(19)17-11-13-9-10-18(12-13)23(20,21)14-7-5-4-6-8-14/h4-8,13H,9-12H2,1-3H3,(H,17,19). The lowest BCUT2D eigenvalue weighted by molar-refractivity contribution is 0.0520. The van der Waals surface area contributed by atoms with Crippen molar-refractivity contribution in [2.45, 2.75) is 37.7 Å². The first-order valence-electron chi connectivity index (χ1n) is 7.70. The van der Waals surface area contributed by atoms with Crippen LogP contribution in [0.1, 0.15) is 27.2 Å². The maximum absolute atomic E-state index is 12.5. The molecule has 1 unspecified atom stereocenters. The highest BCUT2D eigenvalue weighted by atomic mass is 32.2. The summed E-state index contributed by atoms with van der Waals surface area (Å²) >= 11 is 0. The molecule has 0 bridgehead atoms. The molecule has 1 atom stereocenters. The number of sulfonamides is 1. The second-order valence-corrected chi connectivity index (χ2v) is 8.65. The van der Waals surface area contributed by atoms with E-state index >= 15 is 0 Å². The number of nitrogens with one attached hydrogen (secondary N) is 1. The molecule has 1 heterocycles. The van der Waals surface area contributed by atoms with Crippen molar-refractivity contribution in [3.8, 4) is 0 Å². The molecule has 128 valence electrons. The molecule has 0 aliphatic carbocycles. The average Bonchev–Trinajstić information content (AvgIpc) is 2.94. The van der Waals surface area contributed by atoms with Crippen molar-refractivity contribution in [1.29, 1.82) is 0 Å². The zero-order chi connectivity index (χ0) is 17.1. The van der Waals surface area contributed by atoms with Gasteiger partial charge in [-0.25, -0.2) is 13.2 Å². The largest absolute Gasteiger partial charge is 0.444 e. The fourth-order valence-corrected chi connectivity index (χ4v) is 4.02. The predicted octanol–water partition coefficient (Wildman–Crippen LogP) is 2.22. The molecule has 1 aromatic rings. The van der Waals surface area contributed by atoms with E-state index < -0.39 is 21.7 Å². The van der Waals surface area contributed by atoms with Gasteiger partial charge in [0.2, 0.25) is 10.0 Å². The Labute approximate surface area is 137 Å². The lowest BCUT2D eigenvalue weighted by Gasteiger charge is -2.21. The van der Waals surface area contributed by atoms with Gasteiger partial charge in [-0.1, -0.05) is 18.2 Å². The topological polar surface area (TPSA) is 75.7 Å². The fraction of sp³-hybridized carbons (Fsp3) is 0.562. The molecular weight excluding hydrogens is 316 g/mol. The molecule has 1 saturated heterocycles. The molecule has 1 fully saturated rings. The van der Waals surface area contributed by atoms with Crippen LogP contribution in [-0.2, 0) is 14.8 Å².